The Balaban J connectivity index is 2.27. The van der Waals surface area contributed by atoms with Gasteiger partial charge in [0.15, 0.2) is 0 Å². The van der Waals surface area contributed by atoms with Crippen LogP contribution in [0.25, 0.3) is 0 Å². The normalized spacial score (nSPS) is 33.0. The van der Waals surface area contributed by atoms with Crippen LogP contribution in [0.3, 0.4) is 0 Å². The van der Waals surface area contributed by atoms with Gasteiger partial charge in [-0.25, -0.2) is 0 Å². The third-order valence-corrected chi connectivity index (χ3v) is 5.87. The Labute approximate surface area is 114 Å². The van der Waals surface area contributed by atoms with E-state index in [-0.39, 0.29) is 0 Å². The monoisotopic (exact) mass is 252 g/mol. The van der Waals surface area contributed by atoms with Gasteiger partial charge in [-0.2, -0.15) is 0 Å². The molecule has 1 aliphatic heterocycles. The molecule has 0 amide bonds. The van der Waals surface area contributed by atoms with Gasteiger partial charge < -0.3 is 4.74 Å². The van der Waals surface area contributed by atoms with E-state index < -0.39 is 0 Å². The summed E-state index contributed by atoms with van der Waals surface area (Å²) in [6.07, 6.45) is 7.41. The standard InChI is InChI=1S/C17H32O/c1-15(2,3)17(16(4,5)6)11-13-9-7-8-10-14(13)18-12-17/h13-14H,7-12H2,1-6H3. The Kier molecular flexibility index (Phi) is 3.60. The lowest BCUT2D eigenvalue weighted by molar-refractivity contribution is -0.192. The second kappa shape index (κ2) is 4.51. The molecule has 0 aromatic carbocycles. The van der Waals surface area contributed by atoms with Crippen molar-refractivity contribution in [3.05, 3.63) is 0 Å². The van der Waals surface area contributed by atoms with Crippen LogP contribution in [0.15, 0.2) is 0 Å². The minimum absolute atomic E-state index is 0.313. The quantitative estimate of drug-likeness (QED) is 0.586. The van der Waals surface area contributed by atoms with Crippen molar-refractivity contribution >= 4 is 0 Å². The first-order valence-corrected chi connectivity index (χ1v) is 7.79. The van der Waals surface area contributed by atoms with Gasteiger partial charge in [-0.15, -0.1) is 0 Å². The molecule has 1 heteroatoms. The topological polar surface area (TPSA) is 9.23 Å². The Morgan fingerprint density at radius 2 is 1.44 bits per heavy atom. The van der Waals surface area contributed by atoms with Crippen LogP contribution < -0.4 is 0 Å². The summed E-state index contributed by atoms with van der Waals surface area (Å²) < 4.78 is 6.35. The predicted octanol–water partition coefficient (Wildman–Crippen LogP) is 5.04. The fourth-order valence-corrected chi connectivity index (χ4v) is 4.55. The van der Waals surface area contributed by atoms with E-state index in [4.69, 9.17) is 4.74 Å². The van der Waals surface area contributed by atoms with E-state index >= 15 is 0 Å². The molecule has 2 unspecified atom stereocenters. The average molecular weight is 252 g/mol. The SMILES string of the molecule is CC(C)(C)C1(C(C)(C)C)COC2CCCCC2C1. The largest absolute Gasteiger partial charge is 0.377 e. The molecule has 0 radical (unpaired) electrons. The average Bonchev–Trinajstić information content (AvgIpc) is 2.25. The van der Waals surface area contributed by atoms with Crippen molar-refractivity contribution in [3.8, 4) is 0 Å². The molecule has 0 aromatic rings. The molecule has 0 aromatic heterocycles. The highest BCUT2D eigenvalue weighted by Crippen LogP contribution is 2.59. The van der Waals surface area contributed by atoms with Crippen LogP contribution in [0.2, 0.25) is 0 Å². The van der Waals surface area contributed by atoms with Crippen LogP contribution in [-0.2, 0) is 4.74 Å². The summed E-state index contributed by atoms with van der Waals surface area (Å²) in [4.78, 5) is 0. The predicted molar refractivity (Wildman–Crippen MR) is 77.7 cm³/mol. The van der Waals surface area contributed by atoms with Crippen molar-refractivity contribution in [2.75, 3.05) is 6.61 Å². The maximum absolute atomic E-state index is 6.35. The molecular formula is C17H32O. The number of hydrogen-bond donors (Lipinski definition) is 0. The molecule has 2 fully saturated rings. The Hall–Kier alpha value is -0.0400. The van der Waals surface area contributed by atoms with Crippen LogP contribution in [0.4, 0.5) is 0 Å². The Morgan fingerprint density at radius 1 is 0.889 bits per heavy atom. The molecular weight excluding hydrogens is 220 g/mol. The van der Waals surface area contributed by atoms with Gasteiger partial charge in [0.1, 0.15) is 0 Å². The molecule has 1 aliphatic carbocycles. The second-order valence-corrected chi connectivity index (χ2v) is 8.68. The van der Waals surface area contributed by atoms with Gasteiger partial charge in [0.05, 0.1) is 12.7 Å². The fourth-order valence-electron chi connectivity index (χ4n) is 4.55. The van der Waals surface area contributed by atoms with Crippen molar-refractivity contribution < 1.29 is 4.74 Å². The van der Waals surface area contributed by atoms with Gasteiger partial charge >= 0.3 is 0 Å². The lowest BCUT2D eigenvalue weighted by Crippen LogP contribution is -2.56. The molecule has 1 saturated heterocycles. The zero-order chi connectivity index (χ0) is 13.6. The zero-order valence-electron chi connectivity index (χ0n) is 13.3. The maximum atomic E-state index is 6.35. The maximum Gasteiger partial charge on any atom is 0.0603 e. The number of ether oxygens (including phenoxy) is 1. The van der Waals surface area contributed by atoms with Gasteiger partial charge in [-0.3, -0.25) is 0 Å². The Morgan fingerprint density at radius 3 is 2.00 bits per heavy atom. The molecule has 2 aliphatic rings. The fraction of sp³-hybridized carbons (Fsp3) is 1.00. The highest BCUT2D eigenvalue weighted by atomic mass is 16.5. The summed E-state index contributed by atoms with van der Waals surface area (Å²) in [6.45, 7) is 15.4. The Bertz CT molecular complexity index is 278. The number of rotatable bonds is 0. The summed E-state index contributed by atoms with van der Waals surface area (Å²) in [6, 6.07) is 0. The van der Waals surface area contributed by atoms with Crippen LogP contribution >= 0.6 is 0 Å². The van der Waals surface area contributed by atoms with Crippen LogP contribution in [-0.4, -0.2) is 12.7 Å². The summed E-state index contributed by atoms with van der Waals surface area (Å²) >= 11 is 0. The van der Waals surface area contributed by atoms with Crippen molar-refractivity contribution in [3.63, 3.8) is 0 Å². The lowest BCUT2D eigenvalue weighted by Gasteiger charge is -2.59. The van der Waals surface area contributed by atoms with E-state index in [0.717, 1.165) is 12.5 Å². The van der Waals surface area contributed by atoms with Crippen molar-refractivity contribution in [2.24, 2.45) is 22.2 Å². The van der Waals surface area contributed by atoms with Gasteiger partial charge in [0.2, 0.25) is 0 Å². The van der Waals surface area contributed by atoms with E-state index in [2.05, 4.69) is 41.5 Å². The molecule has 0 N–H and O–H groups in total. The van der Waals surface area contributed by atoms with Crippen LogP contribution in [0.5, 0.6) is 0 Å². The van der Waals surface area contributed by atoms with Gasteiger partial charge in [0.25, 0.3) is 0 Å². The van der Waals surface area contributed by atoms with Crippen LogP contribution in [0.1, 0.15) is 73.6 Å². The van der Waals surface area contributed by atoms with E-state index in [1.165, 1.54) is 32.1 Å². The molecule has 1 nitrogen and oxygen atoms in total. The van der Waals surface area contributed by atoms with Crippen molar-refractivity contribution in [1.82, 2.24) is 0 Å². The van der Waals surface area contributed by atoms with E-state index in [0.29, 0.717) is 22.3 Å². The molecule has 0 spiro atoms. The summed E-state index contributed by atoms with van der Waals surface area (Å²) in [5.41, 5.74) is 0.944. The molecule has 1 saturated carbocycles. The first kappa shape index (κ1) is 14.4. The smallest absolute Gasteiger partial charge is 0.0603 e. The highest BCUT2D eigenvalue weighted by Gasteiger charge is 2.55. The van der Waals surface area contributed by atoms with Gasteiger partial charge in [0, 0.05) is 5.41 Å². The third-order valence-electron chi connectivity index (χ3n) is 5.87. The van der Waals surface area contributed by atoms with Crippen LogP contribution in [0, 0.1) is 22.2 Å². The van der Waals surface area contributed by atoms with E-state index in [1.807, 2.05) is 0 Å². The number of fused-ring (bicyclic) bond motifs is 1. The summed E-state index contributed by atoms with van der Waals surface area (Å²) in [5, 5.41) is 0. The summed E-state index contributed by atoms with van der Waals surface area (Å²) in [7, 11) is 0. The first-order valence-electron chi connectivity index (χ1n) is 7.79. The molecule has 18 heavy (non-hydrogen) atoms. The molecule has 1 heterocycles. The minimum Gasteiger partial charge on any atom is -0.377 e. The van der Waals surface area contributed by atoms with E-state index in [1.54, 1.807) is 0 Å². The molecule has 106 valence electrons. The molecule has 2 rings (SSSR count). The van der Waals surface area contributed by atoms with E-state index in [9.17, 15) is 0 Å². The summed E-state index contributed by atoms with van der Waals surface area (Å²) in [5.74, 6) is 0.811. The molecule has 2 atom stereocenters. The highest BCUT2D eigenvalue weighted by molar-refractivity contribution is 5.03. The second-order valence-electron chi connectivity index (χ2n) is 8.68. The van der Waals surface area contributed by atoms with Crippen molar-refractivity contribution in [2.45, 2.75) is 79.8 Å². The van der Waals surface area contributed by atoms with Gasteiger partial charge in [-0.05, 0) is 36.0 Å². The van der Waals surface area contributed by atoms with Gasteiger partial charge in [-0.1, -0.05) is 54.4 Å². The van der Waals surface area contributed by atoms with Crippen molar-refractivity contribution in [1.29, 1.82) is 0 Å². The third kappa shape index (κ3) is 2.24. The zero-order valence-corrected chi connectivity index (χ0v) is 13.3. The minimum atomic E-state index is 0.313. The number of hydrogen-bond acceptors (Lipinski definition) is 1. The lowest BCUT2D eigenvalue weighted by atomic mass is 9.50. The molecule has 0 bridgehead atoms. The first-order chi connectivity index (χ1) is 8.17.